The molecule has 0 bridgehead atoms. The van der Waals surface area contributed by atoms with Crippen molar-refractivity contribution in [2.75, 3.05) is 23.3 Å². The number of hydrogen-bond acceptors (Lipinski definition) is 3. The van der Waals surface area contributed by atoms with Crippen LogP contribution in [0.3, 0.4) is 0 Å². The number of anilines is 2. The van der Waals surface area contributed by atoms with Crippen LogP contribution in [0.15, 0.2) is 24.3 Å². The molecule has 1 saturated heterocycles. The maximum Gasteiger partial charge on any atom is 0.0342 e. The third-order valence-electron chi connectivity index (χ3n) is 2.72. The van der Waals surface area contributed by atoms with Gasteiger partial charge in [-0.2, -0.15) is 11.8 Å². The number of thioether (sulfide) groups is 1. The Kier molecular flexibility index (Phi) is 3.78. The van der Waals surface area contributed by atoms with E-state index in [0.717, 1.165) is 17.5 Å². The van der Waals surface area contributed by atoms with Crippen LogP contribution in [0.5, 0.6) is 0 Å². The molecule has 0 saturated carbocycles. The first-order chi connectivity index (χ1) is 7.34. The third-order valence-corrected chi connectivity index (χ3v) is 4.12. The van der Waals surface area contributed by atoms with Crippen molar-refractivity contribution in [3.8, 4) is 0 Å². The van der Waals surface area contributed by atoms with Gasteiger partial charge >= 0.3 is 0 Å². The highest BCUT2D eigenvalue weighted by Gasteiger charge is 2.12. The van der Waals surface area contributed by atoms with Crippen molar-refractivity contribution in [1.82, 2.24) is 0 Å². The van der Waals surface area contributed by atoms with Crippen LogP contribution in [0, 0.1) is 0 Å². The molecule has 82 valence electrons. The number of nitrogens with one attached hydrogen (secondary N) is 1. The first-order valence-corrected chi connectivity index (χ1v) is 6.60. The van der Waals surface area contributed by atoms with E-state index in [2.05, 4.69) is 17.1 Å². The molecule has 1 aromatic rings. The highest BCUT2D eigenvalue weighted by Crippen LogP contribution is 2.25. The normalized spacial score (nSPS) is 21.2. The summed E-state index contributed by atoms with van der Waals surface area (Å²) in [4.78, 5) is 0. The molecule has 2 nitrogen and oxygen atoms in total. The summed E-state index contributed by atoms with van der Waals surface area (Å²) in [5.41, 5.74) is 7.64. The monoisotopic (exact) mass is 222 g/mol. The zero-order valence-corrected chi connectivity index (χ0v) is 9.72. The van der Waals surface area contributed by atoms with Gasteiger partial charge in [0.05, 0.1) is 0 Å². The molecule has 1 unspecified atom stereocenters. The Morgan fingerprint density at radius 1 is 1.27 bits per heavy atom. The summed E-state index contributed by atoms with van der Waals surface area (Å²) in [6.07, 6.45) is 4.14. The first kappa shape index (κ1) is 10.7. The number of nitrogen functional groups attached to an aromatic ring is 1. The molecule has 15 heavy (non-hydrogen) atoms. The summed E-state index contributed by atoms with van der Waals surface area (Å²) in [7, 11) is 0. The highest BCUT2D eigenvalue weighted by atomic mass is 32.2. The summed E-state index contributed by atoms with van der Waals surface area (Å²) in [5.74, 6) is 1.33. The summed E-state index contributed by atoms with van der Waals surface area (Å²) in [6.45, 7) is 1.08. The van der Waals surface area contributed by atoms with Crippen molar-refractivity contribution < 1.29 is 0 Å². The SMILES string of the molecule is Nc1ccc(NCC2CCCCS2)cc1. The van der Waals surface area contributed by atoms with E-state index in [0.29, 0.717) is 0 Å². The Bertz CT molecular complexity index is 291. The van der Waals surface area contributed by atoms with Crippen molar-refractivity contribution in [2.24, 2.45) is 0 Å². The maximum absolute atomic E-state index is 5.63. The Morgan fingerprint density at radius 2 is 2.07 bits per heavy atom. The van der Waals surface area contributed by atoms with Crippen LogP contribution in [0.2, 0.25) is 0 Å². The summed E-state index contributed by atoms with van der Waals surface area (Å²) < 4.78 is 0. The lowest BCUT2D eigenvalue weighted by atomic mass is 10.2. The summed E-state index contributed by atoms with van der Waals surface area (Å²) >= 11 is 2.10. The zero-order valence-electron chi connectivity index (χ0n) is 8.91. The predicted molar refractivity (Wildman–Crippen MR) is 69.4 cm³/mol. The number of benzene rings is 1. The highest BCUT2D eigenvalue weighted by molar-refractivity contribution is 7.99. The van der Waals surface area contributed by atoms with Gasteiger partial charge in [0, 0.05) is 23.2 Å². The zero-order chi connectivity index (χ0) is 10.5. The molecular formula is C12H18N2S. The van der Waals surface area contributed by atoms with Crippen LogP contribution in [0.25, 0.3) is 0 Å². The van der Waals surface area contributed by atoms with Gasteiger partial charge in [0.25, 0.3) is 0 Å². The van der Waals surface area contributed by atoms with Crippen LogP contribution >= 0.6 is 11.8 Å². The van der Waals surface area contributed by atoms with Gasteiger partial charge in [-0.25, -0.2) is 0 Å². The number of rotatable bonds is 3. The number of hydrogen-bond donors (Lipinski definition) is 2. The van der Waals surface area contributed by atoms with E-state index in [-0.39, 0.29) is 0 Å². The fraction of sp³-hybridized carbons (Fsp3) is 0.500. The molecule has 3 N–H and O–H groups in total. The average molecular weight is 222 g/mol. The molecule has 0 radical (unpaired) electrons. The molecule has 0 aromatic heterocycles. The van der Waals surface area contributed by atoms with Crippen LogP contribution in [-0.2, 0) is 0 Å². The Labute approximate surface area is 95.6 Å². The van der Waals surface area contributed by atoms with Gasteiger partial charge in [0.15, 0.2) is 0 Å². The lowest BCUT2D eigenvalue weighted by molar-refractivity contribution is 0.677. The molecule has 1 aliphatic rings. The molecule has 1 aromatic carbocycles. The largest absolute Gasteiger partial charge is 0.399 e. The van der Waals surface area contributed by atoms with E-state index in [1.165, 1.54) is 30.7 Å². The van der Waals surface area contributed by atoms with Gasteiger partial charge in [0.1, 0.15) is 0 Å². The van der Waals surface area contributed by atoms with Crippen molar-refractivity contribution in [1.29, 1.82) is 0 Å². The molecule has 3 heteroatoms. The Hall–Kier alpha value is -0.830. The third kappa shape index (κ3) is 3.34. The van der Waals surface area contributed by atoms with Crippen molar-refractivity contribution in [2.45, 2.75) is 24.5 Å². The van der Waals surface area contributed by atoms with E-state index in [1.54, 1.807) is 0 Å². The smallest absolute Gasteiger partial charge is 0.0342 e. The summed E-state index contributed by atoms with van der Waals surface area (Å²) in [6, 6.07) is 7.97. The molecule has 0 amide bonds. The molecular weight excluding hydrogens is 204 g/mol. The van der Waals surface area contributed by atoms with Crippen LogP contribution in [0.4, 0.5) is 11.4 Å². The summed E-state index contributed by atoms with van der Waals surface area (Å²) in [5, 5.41) is 4.25. The maximum atomic E-state index is 5.63. The topological polar surface area (TPSA) is 38.0 Å². The molecule has 1 fully saturated rings. The van der Waals surface area contributed by atoms with E-state index < -0.39 is 0 Å². The predicted octanol–water partition coefficient (Wildman–Crippen LogP) is 2.97. The minimum Gasteiger partial charge on any atom is -0.399 e. The van der Waals surface area contributed by atoms with Gasteiger partial charge in [-0.15, -0.1) is 0 Å². The first-order valence-electron chi connectivity index (χ1n) is 5.55. The Balaban J connectivity index is 1.79. The minimum atomic E-state index is 0.788. The molecule has 0 aliphatic carbocycles. The van der Waals surface area contributed by atoms with E-state index >= 15 is 0 Å². The van der Waals surface area contributed by atoms with Crippen LogP contribution < -0.4 is 11.1 Å². The number of nitrogens with two attached hydrogens (primary N) is 1. The molecule has 2 rings (SSSR count). The van der Waals surface area contributed by atoms with Crippen molar-refractivity contribution in [3.05, 3.63) is 24.3 Å². The van der Waals surface area contributed by atoms with Gasteiger partial charge in [-0.3, -0.25) is 0 Å². The quantitative estimate of drug-likeness (QED) is 0.772. The minimum absolute atomic E-state index is 0.788. The van der Waals surface area contributed by atoms with E-state index in [9.17, 15) is 0 Å². The van der Waals surface area contributed by atoms with Crippen LogP contribution in [0.1, 0.15) is 19.3 Å². The standard InChI is InChI=1S/C12H18N2S/c13-10-4-6-11(7-5-10)14-9-12-3-1-2-8-15-12/h4-7,12,14H,1-3,8-9,13H2. The molecule has 1 atom stereocenters. The van der Waals surface area contributed by atoms with Gasteiger partial charge in [-0.05, 0) is 42.9 Å². The second-order valence-electron chi connectivity index (χ2n) is 3.99. The lowest BCUT2D eigenvalue weighted by Crippen LogP contribution is -2.19. The van der Waals surface area contributed by atoms with Crippen LogP contribution in [-0.4, -0.2) is 17.5 Å². The van der Waals surface area contributed by atoms with Crippen molar-refractivity contribution in [3.63, 3.8) is 0 Å². The molecule has 0 spiro atoms. The fourth-order valence-corrected chi connectivity index (χ4v) is 3.04. The van der Waals surface area contributed by atoms with Gasteiger partial charge in [-0.1, -0.05) is 6.42 Å². The average Bonchev–Trinajstić information content (AvgIpc) is 2.30. The lowest BCUT2D eigenvalue weighted by Gasteiger charge is -2.21. The van der Waals surface area contributed by atoms with E-state index in [4.69, 9.17) is 5.73 Å². The van der Waals surface area contributed by atoms with Gasteiger partial charge in [0.2, 0.25) is 0 Å². The Morgan fingerprint density at radius 3 is 2.73 bits per heavy atom. The van der Waals surface area contributed by atoms with Gasteiger partial charge < -0.3 is 11.1 Å². The van der Waals surface area contributed by atoms with E-state index in [1.807, 2.05) is 24.3 Å². The second kappa shape index (κ2) is 5.31. The van der Waals surface area contributed by atoms with Crippen molar-refractivity contribution >= 4 is 23.1 Å². The molecule has 1 aliphatic heterocycles. The second-order valence-corrected chi connectivity index (χ2v) is 5.40. The molecule has 1 heterocycles. The fourth-order valence-electron chi connectivity index (χ4n) is 1.80.